The van der Waals surface area contributed by atoms with Crippen molar-refractivity contribution in [2.24, 2.45) is 5.73 Å². The number of aliphatic carboxylic acids is 1. The number of rotatable bonds is 7. The molecule has 0 heterocycles. The number of thioether (sulfide) groups is 1. The van der Waals surface area contributed by atoms with Gasteiger partial charge in [-0.1, -0.05) is 0 Å². The SMILES string of the molecule is CC(C)NC(=O)CCSC[C@@H](N)C(=O)O. The summed E-state index contributed by atoms with van der Waals surface area (Å²) in [6, 6.07) is -0.702. The van der Waals surface area contributed by atoms with E-state index in [0.717, 1.165) is 0 Å². The molecule has 15 heavy (non-hydrogen) atoms. The summed E-state index contributed by atoms with van der Waals surface area (Å²) in [5.74, 6) is -0.0837. The molecule has 6 heteroatoms. The van der Waals surface area contributed by atoms with Crippen LogP contribution in [0.3, 0.4) is 0 Å². The third kappa shape index (κ3) is 8.26. The number of hydrogen-bond donors (Lipinski definition) is 3. The van der Waals surface area contributed by atoms with Gasteiger partial charge in [0, 0.05) is 24.0 Å². The monoisotopic (exact) mass is 234 g/mol. The van der Waals surface area contributed by atoms with Crippen LogP contribution in [0.1, 0.15) is 20.3 Å². The quantitative estimate of drug-likeness (QED) is 0.541. The number of nitrogens with two attached hydrogens (primary N) is 1. The van der Waals surface area contributed by atoms with Crippen molar-refractivity contribution in [1.29, 1.82) is 0 Å². The van der Waals surface area contributed by atoms with Crippen molar-refractivity contribution >= 4 is 23.6 Å². The average molecular weight is 234 g/mol. The van der Waals surface area contributed by atoms with Gasteiger partial charge < -0.3 is 16.2 Å². The maximum absolute atomic E-state index is 11.2. The summed E-state index contributed by atoms with van der Waals surface area (Å²) < 4.78 is 0. The van der Waals surface area contributed by atoms with E-state index in [1.165, 1.54) is 11.8 Å². The molecule has 88 valence electrons. The Balaban J connectivity index is 3.46. The van der Waals surface area contributed by atoms with E-state index in [1.54, 1.807) is 0 Å². The molecule has 0 unspecified atom stereocenters. The van der Waals surface area contributed by atoms with E-state index in [2.05, 4.69) is 5.32 Å². The molecule has 4 N–H and O–H groups in total. The Morgan fingerprint density at radius 2 is 2.07 bits per heavy atom. The highest BCUT2D eigenvalue weighted by atomic mass is 32.2. The molecule has 0 aliphatic rings. The topological polar surface area (TPSA) is 92.4 Å². The lowest BCUT2D eigenvalue weighted by Crippen LogP contribution is -2.33. The predicted molar refractivity (Wildman–Crippen MR) is 60.8 cm³/mol. The van der Waals surface area contributed by atoms with Crippen LogP contribution in [0, 0.1) is 0 Å². The lowest BCUT2D eigenvalue weighted by molar-refractivity contribution is -0.137. The largest absolute Gasteiger partial charge is 0.480 e. The van der Waals surface area contributed by atoms with E-state index in [-0.39, 0.29) is 11.9 Å². The van der Waals surface area contributed by atoms with Gasteiger partial charge in [0.2, 0.25) is 5.91 Å². The molecule has 0 aliphatic heterocycles. The van der Waals surface area contributed by atoms with E-state index < -0.39 is 12.0 Å². The number of carbonyl (C=O) groups excluding carboxylic acids is 1. The molecule has 0 radical (unpaired) electrons. The summed E-state index contributed by atoms with van der Waals surface area (Å²) in [5, 5.41) is 11.2. The second-order valence-electron chi connectivity index (χ2n) is 3.49. The molecule has 0 aromatic heterocycles. The molecular formula is C9H18N2O3S. The molecule has 5 nitrogen and oxygen atoms in total. The van der Waals surface area contributed by atoms with Gasteiger partial charge in [0.05, 0.1) is 0 Å². The summed E-state index contributed by atoms with van der Waals surface area (Å²) in [5.41, 5.74) is 5.29. The normalized spacial score (nSPS) is 12.5. The third-order valence-electron chi connectivity index (χ3n) is 1.54. The lowest BCUT2D eigenvalue weighted by atomic mass is 10.3. The Labute approximate surface area is 93.8 Å². The number of hydrogen-bond acceptors (Lipinski definition) is 4. The fourth-order valence-electron chi connectivity index (χ4n) is 0.841. The number of nitrogens with one attached hydrogen (secondary N) is 1. The second kappa shape index (κ2) is 7.53. The zero-order chi connectivity index (χ0) is 11.8. The lowest BCUT2D eigenvalue weighted by Gasteiger charge is -2.08. The van der Waals surface area contributed by atoms with Crippen LogP contribution in [0.2, 0.25) is 0 Å². The minimum atomic E-state index is -1.01. The highest BCUT2D eigenvalue weighted by Gasteiger charge is 2.11. The summed E-state index contributed by atoms with van der Waals surface area (Å²) in [6.45, 7) is 3.79. The Bertz CT molecular complexity index is 221. The smallest absolute Gasteiger partial charge is 0.321 e. The molecular weight excluding hydrogens is 216 g/mol. The first kappa shape index (κ1) is 14.2. The van der Waals surface area contributed by atoms with Crippen LogP contribution in [-0.4, -0.2) is 40.6 Å². The van der Waals surface area contributed by atoms with E-state index in [1.807, 2.05) is 13.8 Å². The maximum atomic E-state index is 11.2. The van der Waals surface area contributed by atoms with Gasteiger partial charge in [0.25, 0.3) is 0 Å². The van der Waals surface area contributed by atoms with Crippen molar-refractivity contribution in [1.82, 2.24) is 5.32 Å². The van der Waals surface area contributed by atoms with Crippen molar-refractivity contribution in [3.05, 3.63) is 0 Å². The number of carbonyl (C=O) groups is 2. The molecule has 0 rings (SSSR count). The average Bonchev–Trinajstić information content (AvgIpc) is 2.10. The van der Waals surface area contributed by atoms with E-state index in [4.69, 9.17) is 10.8 Å². The summed E-state index contributed by atoms with van der Waals surface area (Å²) in [7, 11) is 0. The minimum absolute atomic E-state index is 0.0126. The van der Waals surface area contributed by atoms with E-state index >= 15 is 0 Å². The molecule has 0 aromatic carbocycles. The van der Waals surface area contributed by atoms with Crippen LogP contribution in [0.5, 0.6) is 0 Å². The van der Waals surface area contributed by atoms with Gasteiger partial charge in [0.1, 0.15) is 6.04 Å². The van der Waals surface area contributed by atoms with Gasteiger partial charge in [-0.3, -0.25) is 9.59 Å². The molecule has 0 saturated heterocycles. The zero-order valence-electron chi connectivity index (χ0n) is 9.03. The molecule has 0 spiro atoms. The molecule has 1 amide bonds. The maximum Gasteiger partial charge on any atom is 0.321 e. The van der Waals surface area contributed by atoms with Crippen molar-refractivity contribution in [3.8, 4) is 0 Å². The summed E-state index contributed by atoms with van der Waals surface area (Å²) in [4.78, 5) is 21.5. The van der Waals surface area contributed by atoms with Crippen LogP contribution in [-0.2, 0) is 9.59 Å². The van der Waals surface area contributed by atoms with Crippen LogP contribution in [0.25, 0.3) is 0 Å². The zero-order valence-corrected chi connectivity index (χ0v) is 9.84. The Hall–Kier alpha value is -0.750. The molecule has 0 bridgehead atoms. The van der Waals surface area contributed by atoms with Crippen molar-refractivity contribution < 1.29 is 14.7 Å². The van der Waals surface area contributed by atoms with Crippen LogP contribution in [0.15, 0.2) is 0 Å². The Morgan fingerprint density at radius 3 is 2.53 bits per heavy atom. The first-order valence-corrected chi connectivity index (χ1v) is 5.94. The first-order valence-electron chi connectivity index (χ1n) is 4.79. The van der Waals surface area contributed by atoms with Crippen molar-refractivity contribution in [2.45, 2.75) is 32.4 Å². The van der Waals surface area contributed by atoms with E-state index in [0.29, 0.717) is 17.9 Å². The third-order valence-corrected chi connectivity index (χ3v) is 2.63. The summed E-state index contributed by atoms with van der Waals surface area (Å²) >= 11 is 1.38. The van der Waals surface area contributed by atoms with Crippen molar-refractivity contribution in [2.75, 3.05) is 11.5 Å². The summed E-state index contributed by atoms with van der Waals surface area (Å²) in [6.07, 6.45) is 0.398. The Morgan fingerprint density at radius 1 is 1.47 bits per heavy atom. The predicted octanol–water partition coefficient (Wildman–Crippen LogP) is 0.0462. The van der Waals surface area contributed by atoms with Gasteiger partial charge in [-0.15, -0.1) is 0 Å². The second-order valence-corrected chi connectivity index (χ2v) is 4.64. The first-order chi connectivity index (χ1) is 6.93. The number of amides is 1. The number of carboxylic acid groups (broad SMARTS) is 1. The minimum Gasteiger partial charge on any atom is -0.480 e. The standard InChI is InChI=1S/C9H18N2O3S/c1-6(2)11-8(12)3-4-15-5-7(10)9(13)14/h6-7H,3-5,10H2,1-2H3,(H,11,12)(H,13,14)/t7-/m1/s1. The van der Waals surface area contributed by atoms with Gasteiger partial charge >= 0.3 is 5.97 Å². The highest BCUT2D eigenvalue weighted by molar-refractivity contribution is 7.99. The molecule has 0 aromatic rings. The highest BCUT2D eigenvalue weighted by Crippen LogP contribution is 2.04. The van der Waals surface area contributed by atoms with Crippen LogP contribution >= 0.6 is 11.8 Å². The van der Waals surface area contributed by atoms with Gasteiger partial charge in [-0.25, -0.2) is 0 Å². The fourth-order valence-corrected chi connectivity index (χ4v) is 1.73. The van der Waals surface area contributed by atoms with Crippen molar-refractivity contribution in [3.63, 3.8) is 0 Å². The molecule has 1 atom stereocenters. The fraction of sp³-hybridized carbons (Fsp3) is 0.778. The van der Waals surface area contributed by atoms with Crippen LogP contribution < -0.4 is 11.1 Å². The van der Waals surface area contributed by atoms with E-state index in [9.17, 15) is 9.59 Å². The van der Waals surface area contributed by atoms with Gasteiger partial charge in [0.15, 0.2) is 0 Å². The molecule has 0 aliphatic carbocycles. The molecule has 0 saturated carbocycles. The van der Waals surface area contributed by atoms with Gasteiger partial charge in [-0.2, -0.15) is 11.8 Å². The number of carboxylic acids is 1. The Kier molecular flexibility index (Phi) is 7.15. The molecule has 0 fully saturated rings. The van der Waals surface area contributed by atoms with Gasteiger partial charge in [-0.05, 0) is 13.8 Å². The van der Waals surface area contributed by atoms with Crippen LogP contribution in [0.4, 0.5) is 0 Å².